The summed E-state index contributed by atoms with van der Waals surface area (Å²) in [5, 5.41) is 2.11. The summed E-state index contributed by atoms with van der Waals surface area (Å²) in [5.74, 6) is 0.259. The van der Waals surface area contributed by atoms with Crippen molar-refractivity contribution < 1.29 is 19.1 Å². The van der Waals surface area contributed by atoms with E-state index in [4.69, 9.17) is 9.47 Å². The lowest BCUT2D eigenvalue weighted by Crippen LogP contribution is -2.43. The van der Waals surface area contributed by atoms with Crippen molar-refractivity contribution in [3.63, 3.8) is 0 Å². The summed E-state index contributed by atoms with van der Waals surface area (Å²) in [4.78, 5) is 24.5. The number of ether oxygens (including phenoxy) is 2. The van der Waals surface area contributed by atoms with Crippen LogP contribution in [-0.4, -0.2) is 25.0 Å². The highest BCUT2D eigenvalue weighted by molar-refractivity contribution is 5.95. The zero-order valence-corrected chi connectivity index (χ0v) is 18.0. The average Bonchev–Trinajstić information content (AvgIpc) is 2.86. The summed E-state index contributed by atoms with van der Waals surface area (Å²) >= 11 is 0. The van der Waals surface area contributed by atoms with Crippen LogP contribution in [0.2, 0.25) is 0 Å². The predicted octanol–water partition coefficient (Wildman–Crippen LogP) is 4.30. The second-order valence-corrected chi connectivity index (χ2v) is 7.41. The van der Waals surface area contributed by atoms with Crippen LogP contribution in [0.15, 0.2) is 97.1 Å². The fourth-order valence-electron chi connectivity index (χ4n) is 3.30. The molecular weight excluding hydrogens is 416 g/mol. The van der Waals surface area contributed by atoms with Crippen LogP contribution in [0, 0.1) is 0 Å². The summed E-state index contributed by atoms with van der Waals surface area (Å²) in [6, 6.07) is 30.3. The average molecular weight is 440 g/mol. The van der Waals surface area contributed by atoms with Crippen LogP contribution >= 0.6 is 0 Å². The zero-order chi connectivity index (χ0) is 22.9. The van der Waals surface area contributed by atoms with Crippen LogP contribution in [0.25, 0.3) is 10.8 Å². The normalized spacial score (nSPS) is 10.4. The van der Waals surface area contributed by atoms with Crippen molar-refractivity contribution in [3.8, 4) is 11.5 Å². The van der Waals surface area contributed by atoms with E-state index in [1.54, 1.807) is 30.3 Å². The summed E-state index contributed by atoms with van der Waals surface area (Å²) < 4.78 is 11.3. The van der Waals surface area contributed by atoms with Gasteiger partial charge in [0.05, 0.1) is 6.61 Å². The van der Waals surface area contributed by atoms with Crippen molar-refractivity contribution in [2.75, 3.05) is 13.2 Å². The molecule has 0 aliphatic carbocycles. The highest BCUT2D eigenvalue weighted by Crippen LogP contribution is 2.20. The Balaban J connectivity index is 1.23. The molecule has 0 heterocycles. The maximum Gasteiger partial charge on any atom is 0.276 e. The summed E-state index contributed by atoms with van der Waals surface area (Å²) in [6.07, 6.45) is 0.768. The Hall–Kier alpha value is -4.32. The van der Waals surface area contributed by atoms with Crippen LogP contribution in [0.4, 0.5) is 0 Å². The summed E-state index contributed by atoms with van der Waals surface area (Å²) in [6.45, 7) is 0.277. The molecule has 0 saturated heterocycles. The van der Waals surface area contributed by atoms with Gasteiger partial charge in [-0.1, -0.05) is 66.7 Å². The van der Waals surface area contributed by atoms with Gasteiger partial charge in [-0.05, 0) is 46.7 Å². The van der Waals surface area contributed by atoms with Gasteiger partial charge in [0.1, 0.15) is 11.5 Å². The van der Waals surface area contributed by atoms with E-state index in [2.05, 4.69) is 10.9 Å². The van der Waals surface area contributed by atoms with E-state index in [0.29, 0.717) is 23.7 Å². The van der Waals surface area contributed by atoms with Gasteiger partial charge < -0.3 is 9.47 Å². The number of carbonyl (C=O) groups excluding carboxylic acids is 2. The summed E-state index contributed by atoms with van der Waals surface area (Å²) in [7, 11) is 0. The first kappa shape index (κ1) is 21.9. The molecule has 4 aromatic carbocycles. The number of rotatable bonds is 8. The zero-order valence-electron chi connectivity index (χ0n) is 18.0. The molecule has 0 aliphatic rings. The van der Waals surface area contributed by atoms with Gasteiger partial charge in [0, 0.05) is 12.0 Å². The number of carbonyl (C=O) groups is 2. The number of hydrogen-bond donors (Lipinski definition) is 2. The van der Waals surface area contributed by atoms with E-state index in [9.17, 15) is 9.59 Å². The number of benzene rings is 4. The van der Waals surface area contributed by atoms with Gasteiger partial charge in [-0.15, -0.1) is 0 Å². The first-order valence-electron chi connectivity index (χ1n) is 10.6. The van der Waals surface area contributed by atoms with Gasteiger partial charge >= 0.3 is 0 Å². The minimum Gasteiger partial charge on any atom is -0.493 e. The maximum atomic E-state index is 12.4. The minimum absolute atomic E-state index is 0.221. The fourth-order valence-corrected chi connectivity index (χ4v) is 3.30. The highest BCUT2D eigenvalue weighted by Gasteiger charge is 2.09. The Bertz CT molecular complexity index is 1240. The van der Waals surface area contributed by atoms with Crippen LogP contribution in [0.3, 0.4) is 0 Å². The molecule has 166 valence electrons. The molecule has 4 aromatic rings. The van der Waals surface area contributed by atoms with Gasteiger partial charge in [0.25, 0.3) is 11.8 Å². The molecule has 0 atom stereocenters. The third-order valence-corrected chi connectivity index (χ3v) is 5.00. The molecule has 33 heavy (non-hydrogen) atoms. The molecule has 0 radical (unpaired) electrons. The largest absolute Gasteiger partial charge is 0.493 e. The van der Waals surface area contributed by atoms with Crippen molar-refractivity contribution >= 4 is 22.6 Å². The fraction of sp³-hybridized carbons (Fsp3) is 0.111. The molecule has 0 spiro atoms. The lowest BCUT2D eigenvalue weighted by Gasteiger charge is -2.11. The van der Waals surface area contributed by atoms with Gasteiger partial charge in [0.15, 0.2) is 6.61 Å². The van der Waals surface area contributed by atoms with E-state index < -0.39 is 11.8 Å². The lowest BCUT2D eigenvalue weighted by atomic mass is 10.1. The van der Waals surface area contributed by atoms with Crippen molar-refractivity contribution in [3.05, 3.63) is 108 Å². The van der Waals surface area contributed by atoms with E-state index in [-0.39, 0.29) is 6.61 Å². The second-order valence-electron chi connectivity index (χ2n) is 7.41. The SMILES string of the molecule is O=C(COc1ccc2ccccc2c1)NNC(=O)c1cccc(OCCc2ccccc2)c1. The molecule has 2 N–H and O–H groups in total. The van der Waals surface area contributed by atoms with Crippen molar-refractivity contribution in [1.29, 1.82) is 0 Å². The van der Waals surface area contributed by atoms with E-state index in [1.165, 1.54) is 5.56 Å². The van der Waals surface area contributed by atoms with Crippen molar-refractivity contribution in [2.45, 2.75) is 6.42 Å². The Morgan fingerprint density at radius 1 is 0.667 bits per heavy atom. The number of amides is 2. The lowest BCUT2D eigenvalue weighted by molar-refractivity contribution is -0.123. The molecule has 0 aromatic heterocycles. The molecule has 0 aliphatic heterocycles. The third kappa shape index (κ3) is 6.33. The smallest absolute Gasteiger partial charge is 0.276 e. The molecule has 6 heteroatoms. The molecular formula is C27H24N2O4. The monoisotopic (exact) mass is 440 g/mol. The standard InChI is InChI=1S/C27H24N2O4/c30-26(19-33-25-14-13-21-9-4-5-10-22(21)17-25)28-29-27(31)23-11-6-12-24(18-23)32-16-15-20-7-2-1-3-8-20/h1-14,17-18H,15-16,19H2,(H,28,30)(H,29,31). The van der Waals surface area contributed by atoms with Crippen LogP contribution < -0.4 is 20.3 Å². The quantitative estimate of drug-likeness (QED) is 0.401. The Morgan fingerprint density at radius 2 is 1.42 bits per heavy atom. The third-order valence-electron chi connectivity index (χ3n) is 5.00. The number of nitrogens with one attached hydrogen (secondary N) is 2. The molecule has 6 nitrogen and oxygen atoms in total. The number of fused-ring (bicyclic) bond motifs is 1. The first-order chi connectivity index (χ1) is 16.2. The molecule has 0 saturated carbocycles. The van der Waals surface area contributed by atoms with E-state index in [1.807, 2.05) is 66.7 Å². The van der Waals surface area contributed by atoms with Crippen LogP contribution in [-0.2, 0) is 11.2 Å². The van der Waals surface area contributed by atoms with Gasteiger partial charge in [0.2, 0.25) is 0 Å². The van der Waals surface area contributed by atoms with Gasteiger partial charge in [-0.2, -0.15) is 0 Å². The summed E-state index contributed by atoms with van der Waals surface area (Å²) in [5.41, 5.74) is 6.33. The minimum atomic E-state index is -0.466. The van der Waals surface area contributed by atoms with Crippen molar-refractivity contribution in [1.82, 2.24) is 10.9 Å². The number of hydrogen-bond acceptors (Lipinski definition) is 4. The Labute approximate surface area is 192 Å². The Morgan fingerprint density at radius 3 is 2.27 bits per heavy atom. The van der Waals surface area contributed by atoms with Gasteiger partial charge in [-0.25, -0.2) is 0 Å². The number of hydrazine groups is 1. The Kier molecular flexibility index (Phi) is 7.18. The topological polar surface area (TPSA) is 76.7 Å². The maximum absolute atomic E-state index is 12.4. The molecule has 0 bridgehead atoms. The molecule has 4 rings (SSSR count). The highest BCUT2D eigenvalue weighted by atomic mass is 16.5. The predicted molar refractivity (Wildman–Crippen MR) is 127 cm³/mol. The van der Waals surface area contributed by atoms with Crippen molar-refractivity contribution in [2.24, 2.45) is 0 Å². The van der Waals surface area contributed by atoms with Crippen LogP contribution in [0.1, 0.15) is 15.9 Å². The van der Waals surface area contributed by atoms with Gasteiger partial charge in [-0.3, -0.25) is 20.4 Å². The molecule has 2 amide bonds. The first-order valence-corrected chi connectivity index (χ1v) is 10.6. The molecule has 0 fully saturated rings. The van der Waals surface area contributed by atoms with E-state index in [0.717, 1.165) is 17.2 Å². The molecule has 0 unspecified atom stereocenters. The second kappa shape index (κ2) is 10.8. The van der Waals surface area contributed by atoms with E-state index >= 15 is 0 Å². The van der Waals surface area contributed by atoms with Crippen LogP contribution in [0.5, 0.6) is 11.5 Å².